The highest BCUT2D eigenvalue weighted by Crippen LogP contribution is 2.42. The van der Waals surface area contributed by atoms with Crippen LogP contribution in [0.3, 0.4) is 0 Å². The number of rotatable bonds is 10. The zero-order chi connectivity index (χ0) is 28.1. The number of phosphoric ester groups is 1. The number of carbonyl (C=O) groups is 2. The quantitative estimate of drug-likeness (QED) is 0.0837. The lowest BCUT2D eigenvalue weighted by Crippen LogP contribution is -2.51. The summed E-state index contributed by atoms with van der Waals surface area (Å²) in [5.41, 5.74) is 2.20. The molecule has 9 N–H and O–H groups in total. The number of thioether (sulfide) groups is 1. The molecule has 17 nitrogen and oxygen atoms in total. The summed E-state index contributed by atoms with van der Waals surface area (Å²) in [5.74, 6) is -0.206. The van der Waals surface area contributed by atoms with Crippen molar-refractivity contribution in [1.29, 1.82) is 0 Å². The molecule has 19 heteroatoms. The van der Waals surface area contributed by atoms with E-state index < -0.39 is 49.8 Å². The predicted octanol–water partition coefficient (Wildman–Crippen LogP) is -2.12. The minimum absolute atomic E-state index is 0.00129. The highest BCUT2D eigenvalue weighted by Gasteiger charge is 2.60. The summed E-state index contributed by atoms with van der Waals surface area (Å²) in [6.07, 6.45) is -2.71. The fourth-order valence-corrected chi connectivity index (χ4v) is 7.18. The summed E-state index contributed by atoms with van der Waals surface area (Å²) >= 11 is 1.73. The van der Waals surface area contributed by atoms with Crippen molar-refractivity contribution in [2.24, 2.45) is 0 Å². The van der Waals surface area contributed by atoms with E-state index in [0.29, 0.717) is 19.3 Å². The van der Waals surface area contributed by atoms with Crippen molar-refractivity contribution in [3.05, 3.63) is 16.7 Å². The van der Waals surface area contributed by atoms with E-state index in [-0.39, 0.29) is 46.9 Å². The predicted molar refractivity (Wildman–Crippen MR) is 134 cm³/mol. The lowest BCUT2D eigenvalue weighted by atomic mass is 9.94. The molecule has 3 aliphatic rings. The number of ether oxygens (including phenoxy) is 1. The molecular formula is C20H28N7O10PS. The van der Waals surface area contributed by atoms with Crippen LogP contribution in [-0.2, 0) is 24.3 Å². The second kappa shape index (κ2) is 10.4. The number of anilines is 1. The smallest absolute Gasteiger partial charge is 0.387 e. The molecule has 214 valence electrons. The number of aliphatic hydroxyl groups is 2. The first kappa shape index (κ1) is 28.0. The van der Waals surface area contributed by atoms with Gasteiger partial charge in [-0.2, -0.15) is 16.7 Å². The number of carbonyl (C=O) groups excluding carboxylic acids is 2. The van der Waals surface area contributed by atoms with Crippen molar-refractivity contribution in [2.45, 2.75) is 67.1 Å². The zero-order valence-electron chi connectivity index (χ0n) is 20.3. The topological polar surface area (TPSA) is 264 Å². The van der Waals surface area contributed by atoms with Gasteiger partial charge in [-0.1, -0.05) is 6.42 Å². The first-order chi connectivity index (χ1) is 18.4. The van der Waals surface area contributed by atoms with Crippen LogP contribution in [0.4, 0.5) is 10.7 Å². The second-order valence-electron chi connectivity index (χ2n) is 9.60. The van der Waals surface area contributed by atoms with Crippen LogP contribution in [0, 0.1) is 0 Å². The molecule has 2 aromatic rings. The van der Waals surface area contributed by atoms with Gasteiger partial charge in [0.15, 0.2) is 16.9 Å². The van der Waals surface area contributed by atoms with Gasteiger partial charge >= 0.3 is 13.9 Å². The van der Waals surface area contributed by atoms with Gasteiger partial charge in [0.1, 0.15) is 24.6 Å². The molecule has 7 atom stereocenters. The molecular weight excluding hydrogens is 561 g/mol. The van der Waals surface area contributed by atoms with E-state index in [9.17, 15) is 29.2 Å². The molecule has 0 unspecified atom stereocenters. The molecule has 0 bridgehead atoms. The number of urea groups is 1. The number of nitrogens with two attached hydrogens (primary N) is 1. The number of nitrogens with zero attached hydrogens (tertiary/aromatic N) is 3. The molecule has 0 spiro atoms. The van der Waals surface area contributed by atoms with Crippen LogP contribution in [0.2, 0.25) is 0 Å². The molecule has 0 aliphatic carbocycles. The summed E-state index contributed by atoms with van der Waals surface area (Å²) in [5, 5.41) is 27.7. The summed E-state index contributed by atoms with van der Waals surface area (Å²) in [6, 6.07) is -0.136. The van der Waals surface area contributed by atoms with Crippen molar-refractivity contribution in [2.75, 3.05) is 18.1 Å². The molecule has 3 fully saturated rings. The number of amides is 2. The van der Waals surface area contributed by atoms with E-state index in [0.717, 1.165) is 16.6 Å². The van der Waals surface area contributed by atoms with Crippen LogP contribution in [0.1, 0.15) is 25.7 Å². The van der Waals surface area contributed by atoms with Crippen molar-refractivity contribution >= 4 is 48.5 Å². The van der Waals surface area contributed by atoms with Crippen LogP contribution < -0.4 is 21.9 Å². The number of fused-ring (bicyclic) bond motifs is 2. The summed E-state index contributed by atoms with van der Waals surface area (Å²) in [4.78, 5) is 66.1. The zero-order valence-corrected chi connectivity index (χ0v) is 22.0. The Labute approximate surface area is 224 Å². The molecule has 5 heterocycles. The number of aromatic amines is 1. The fraction of sp³-hybridized carbons (Fsp3) is 0.650. The number of imidazole rings is 1. The number of hydrogen-bond donors (Lipinski definition) is 8. The summed E-state index contributed by atoms with van der Waals surface area (Å²) < 4.78 is 22.5. The Bertz CT molecular complexity index is 1380. The summed E-state index contributed by atoms with van der Waals surface area (Å²) in [7, 11) is -4.97. The van der Waals surface area contributed by atoms with Gasteiger partial charge in [-0.25, -0.2) is 14.3 Å². The average Bonchev–Trinajstić information content (AvgIpc) is 3.59. The normalized spacial score (nSPS) is 32.4. The third kappa shape index (κ3) is 5.18. The molecule has 2 amide bonds. The van der Waals surface area contributed by atoms with E-state index >= 15 is 0 Å². The van der Waals surface area contributed by atoms with Crippen molar-refractivity contribution < 1.29 is 43.4 Å². The Kier molecular flexibility index (Phi) is 7.49. The lowest BCUT2D eigenvalue weighted by molar-refractivity contribution is -0.173. The Morgan fingerprint density at radius 3 is 2.82 bits per heavy atom. The lowest BCUT2D eigenvalue weighted by Gasteiger charge is -2.32. The van der Waals surface area contributed by atoms with Gasteiger partial charge in [-0.05, 0) is 12.8 Å². The highest BCUT2D eigenvalue weighted by atomic mass is 32.2. The Morgan fingerprint density at radius 1 is 1.31 bits per heavy atom. The standard InChI is InChI=1S/C20H28N7O10PS/c21-18-25-16-13(17(31)26-18)22-7-27(16)20(15(30)14(29)9(37-20)5-36-38(33,34)35)11(28)4-2-1-3-10-12-8(6-39-10)23-19(32)24-12/h7-10,12,14-15,29-30H,1-6H2,(H2,23,24,32)(H2,33,34,35)(H3,21,25,26,31)/t8-,9+,10-,12-,14+,15+,20+/m0/s1. The number of phosphoric acid groups is 1. The first-order valence-electron chi connectivity index (χ1n) is 12.1. The van der Waals surface area contributed by atoms with Gasteiger partial charge in [0, 0.05) is 17.4 Å². The molecule has 3 aliphatic heterocycles. The maximum Gasteiger partial charge on any atom is 0.469 e. The number of aliphatic hydroxyl groups excluding tert-OH is 2. The highest BCUT2D eigenvalue weighted by molar-refractivity contribution is 8.00. The molecule has 2 aromatic heterocycles. The molecule has 5 rings (SSSR count). The van der Waals surface area contributed by atoms with E-state index in [1.54, 1.807) is 11.8 Å². The Morgan fingerprint density at radius 2 is 2.08 bits per heavy atom. The van der Waals surface area contributed by atoms with E-state index in [1.165, 1.54) is 0 Å². The van der Waals surface area contributed by atoms with Crippen LogP contribution in [-0.4, -0.2) is 99.3 Å². The maximum atomic E-state index is 13.7. The van der Waals surface area contributed by atoms with Gasteiger partial charge in [-0.3, -0.25) is 23.7 Å². The third-order valence-corrected chi connectivity index (χ3v) is 9.10. The van der Waals surface area contributed by atoms with E-state index in [2.05, 4.69) is 30.1 Å². The largest absolute Gasteiger partial charge is 0.469 e. The number of ketones is 1. The molecule has 3 saturated heterocycles. The number of hydrogen-bond acceptors (Lipinski definition) is 12. The monoisotopic (exact) mass is 589 g/mol. The maximum absolute atomic E-state index is 13.7. The molecule has 39 heavy (non-hydrogen) atoms. The van der Waals surface area contributed by atoms with Gasteiger partial charge in [0.25, 0.3) is 5.56 Å². The number of unbranched alkanes of at least 4 members (excludes halogenated alkanes) is 1. The second-order valence-corrected chi connectivity index (χ2v) is 12.1. The van der Waals surface area contributed by atoms with Crippen LogP contribution in [0.25, 0.3) is 11.2 Å². The molecule has 0 aromatic carbocycles. The van der Waals surface area contributed by atoms with E-state index in [4.69, 9.17) is 20.3 Å². The Hall–Kier alpha value is -2.57. The SMILES string of the molecule is Nc1nc2c(ncn2[C@]2(C(=O)CCCC[C@@H]3SC[C@@H]4NC(=O)N[C@@H]43)O[C@H](COP(=O)(O)O)[C@@H](O)[C@H]2O)c(=O)[nH]1. The fourth-order valence-electron chi connectivity index (χ4n) is 5.30. The minimum Gasteiger partial charge on any atom is -0.387 e. The van der Waals surface area contributed by atoms with Gasteiger partial charge in [-0.15, -0.1) is 0 Å². The van der Waals surface area contributed by atoms with Crippen LogP contribution in [0.15, 0.2) is 11.1 Å². The average molecular weight is 590 g/mol. The van der Waals surface area contributed by atoms with Crippen molar-refractivity contribution in [3.8, 4) is 0 Å². The van der Waals surface area contributed by atoms with Gasteiger partial charge in [0.05, 0.1) is 18.7 Å². The number of H-pyrrole nitrogens is 1. The van der Waals surface area contributed by atoms with Gasteiger partial charge in [0.2, 0.25) is 11.7 Å². The number of aromatic nitrogens is 4. The molecule has 0 saturated carbocycles. The number of nitrogens with one attached hydrogen (secondary N) is 3. The molecule has 0 radical (unpaired) electrons. The van der Waals surface area contributed by atoms with Crippen LogP contribution >= 0.6 is 19.6 Å². The Balaban J connectivity index is 1.38. The van der Waals surface area contributed by atoms with E-state index in [1.807, 2.05) is 0 Å². The number of nitrogen functional groups attached to an aromatic ring is 1. The first-order valence-corrected chi connectivity index (χ1v) is 14.7. The third-order valence-electron chi connectivity index (χ3n) is 7.11. The van der Waals surface area contributed by atoms with Gasteiger partial charge < -0.3 is 41.1 Å². The van der Waals surface area contributed by atoms with Crippen molar-refractivity contribution in [3.63, 3.8) is 0 Å². The number of Topliss-reactive ketones (excluding diaryl/α,β-unsaturated/α-hetero) is 1. The van der Waals surface area contributed by atoms with Crippen molar-refractivity contribution in [1.82, 2.24) is 30.2 Å². The van der Waals surface area contributed by atoms with Crippen LogP contribution in [0.5, 0.6) is 0 Å². The summed E-state index contributed by atoms with van der Waals surface area (Å²) in [6.45, 7) is -0.846. The minimum atomic E-state index is -4.97.